The molecular weight excluding hydrogens is 208 g/mol. The average Bonchev–Trinajstić information content (AvgIpc) is 2.52. The summed E-state index contributed by atoms with van der Waals surface area (Å²) in [6.45, 7) is 1.58. The first kappa shape index (κ1) is 10.5. The van der Waals surface area contributed by atoms with Crippen LogP contribution >= 0.6 is 0 Å². The van der Waals surface area contributed by atoms with Gasteiger partial charge in [-0.2, -0.15) is 5.10 Å². The van der Waals surface area contributed by atoms with Crippen LogP contribution in [0.2, 0.25) is 0 Å². The second-order valence-electron chi connectivity index (χ2n) is 3.57. The van der Waals surface area contributed by atoms with Crippen LogP contribution in [0.4, 0.5) is 0 Å². The van der Waals surface area contributed by atoms with Crippen molar-refractivity contribution in [3.8, 4) is 5.75 Å². The topological polar surface area (TPSA) is 64.4 Å². The Bertz CT molecular complexity index is 545. The second kappa shape index (κ2) is 3.84. The Morgan fingerprint density at radius 1 is 1.56 bits per heavy atom. The van der Waals surface area contributed by atoms with Gasteiger partial charge in [-0.3, -0.25) is 4.68 Å². The third kappa shape index (κ3) is 1.84. The summed E-state index contributed by atoms with van der Waals surface area (Å²) in [4.78, 5) is 10.4. The van der Waals surface area contributed by atoms with Crippen molar-refractivity contribution >= 4 is 16.9 Å². The molecule has 1 heterocycles. The number of carboxylic acid groups (broad SMARTS) is 1. The lowest BCUT2D eigenvalue weighted by molar-refractivity contribution is -0.139. The maximum atomic E-state index is 10.4. The Hall–Kier alpha value is -2.04. The van der Waals surface area contributed by atoms with Gasteiger partial charge >= 0.3 is 5.97 Å². The van der Waals surface area contributed by atoms with Gasteiger partial charge in [0.25, 0.3) is 0 Å². The molecule has 2 aromatic rings. The molecule has 0 aliphatic rings. The van der Waals surface area contributed by atoms with E-state index in [0.717, 1.165) is 16.6 Å². The summed E-state index contributed by atoms with van der Waals surface area (Å²) in [7, 11) is 1.87. The van der Waals surface area contributed by atoms with Crippen LogP contribution < -0.4 is 4.74 Å². The minimum absolute atomic E-state index is 0.329. The van der Waals surface area contributed by atoms with Crippen molar-refractivity contribution in [1.82, 2.24) is 9.78 Å². The smallest absolute Gasteiger partial charge is 0.341 e. The summed E-state index contributed by atoms with van der Waals surface area (Å²) >= 11 is 0. The Morgan fingerprint density at radius 2 is 2.31 bits per heavy atom. The third-order valence-corrected chi connectivity index (χ3v) is 2.37. The van der Waals surface area contributed by atoms with Gasteiger partial charge in [0, 0.05) is 12.4 Å². The van der Waals surface area contributed by atoms with Crippen molar-refractivity contribution in [2.24, 2.45) is 7.05 Å². The first-order chi connectivity index (χ1) is 7.58. The van der Waals surface area contributed by atoms with E-state index in [-0.39, 0.29) is 6.61 Å². The van der Waals surface area contributed by atoms with Gasteiger partial charge in [-0.15, -0.1) is 0 Å². The molecule has 0 amide bonds. The Balaban J connectivity index is 2.36. The van der Waals surface area contributed by atoms with E-state index in [4.69, 9.17) is 9.84 Å². The number of aromatic nitrogens is 2. The first-order valence-corrected chi connectivity index (χ1v) is 4.86. The van der Waals surface area contributed by atoms with E-state index in [0.29, 0.717) is 5.75 Å². The fourth-order valence-corrected chi connectivity index (χ4v) is 1.65. The molecule has 0 fully saturated rings. The summed E-state index contributed by atoms with van der Waals surface area (Å²) in [5.74, 6) is -0.436. The lowest BCUT2D eigenvalue weighted by Crippen LogP contribution is -2.09. The van der Waals surface area contributed by atoms with Crippen LogP contribution in [0, 0.1) is 6.92 Å². The van der Waals surface area contributed by atoms with Crippen molar-refractivity contribution in [3.05, 3.63) is 23.9 Å². The number of aliphatic carboxylic acids is 1. The van der Waals surface area contributed by atoms with Gasteiger partial charge in [0.05, 0.1) is 11.2 Å². The summed E-state index contributed by atoms with van der Waals surface area (Å²) in [6, 6.07) is 5.42. The first-order valence-electron chi connectivity index (χ1n) is 4.86. The van der Waals surface area contributed by atoms with E-state index in [1.165, 1.54) is 0 Å². The lowest BCUT2D eigenvalue weighted by Gasteiger charge is -2.03. The predicted molar refractivity (Wildman–Crippen MR) is 58.6 cm³/mol. The zero-order valence-electron chi connectivity index (χ0n) is 9.10. The highest BCUT2D eigenvalue weighted by atomic mass is 16.5. The lowest BCUT2D eigenvalue weighted by atomic mass is 10.2. The highest BCUT2D eigenvalue weighted by molar-refractivity contribution is 5.83. The maximum Gasteiger partial charge on any atom is 0.341 e. The molecule has 1 aromatic heterocycles. The summed E-state index contributed by atoms with van der Waals surface area (Å²) in [6.07, 6.45) is 0. The van der Waals surface area contributed by atoms with Crippen LogP contribution in [0.15, 0.2) is 18.2 Å². The number of carbonyl (C=O) groups is 1. The Labute approximate surface area is 92.2 Å². The molecule has 0 saturated heterocycles. The van der Waals surface area contributed by atoms with Crippen molar-refractivity contribution in [2.75, 3.05) is 6.61 Å². The SMILES string of the molecule is Cc1nn(C)c2ccc(OCC(=O)O)cc12. The van der Waals surface area contributed by atoms with Gasteiger partial charge < -0.3 is 9.84 Å². The fraction of sp³-hybridized carbons (Fsp3) is 0.273. The van der Waals surface area contributed by atoms with Crippen LogP contribution in [-0.4, -0.2) is 27.5 Å². The number of benzene rings is 1. The number of rotatable bonds is 3. The van der Waals surface area contributed by atoms with E-state index in [1.807, 2.05) is 20.0 Å². The molecule has 0 atom stereocenters. The molecule has 1 aromatic carbocycles. The summed E-state index contributed by atoms with van der Waals surface area (Å²) in [5.41, 5.74) is 1.90. The molecule has 2 rings (SSSR count). The molecule has 0 spiro atoms. The van der Waals surface area contributed by atoms with Crippen molar-refractivity contribution in [1.29, 1.82) is 0 Å². The van der Waals surface area contributed by atoms with Crippen molar-refractivity contribution in [3.63, 3.8) is 0 Å². The van der Waals surface area contributed by atoms with Gasteiger partial charge in [0.2, 0.25) is 0 Å². The van der Waals surface area contributed by atoms with Gasteiger partial charge in [-0.1, -0.05) is 0 Å². The van der Waals surface area contributed by atoms with E-state index < -0.39 is 5.97 Å². The van der Waals surface area contributed by atoms with E-state index in [9.17, 15) is 4.79 Å². The molecule has 0 radical (unpaired) electrons. The number of fused-ring (bicyclic) bond motifs is 1. The molecule has 16 heavy (non-hydrogen) atoms. The molecule has 5 nitrogen and oxygen atoms in total. The van der Waals surface area contributed by atoms with Gasteiger partial charge in [-0.05, 0) is 25.1 Å². The minimum Gasteiger partial charge on any atom is -0.482 e. The summed E-state index contributed by atoms with van der Waals surface area (Å²) < 4.78 is 6.89. The van der Waals surface area contributed by atoms with Gasteiger partial charge in [0.15, 0.2) is 6.61 Å². The van der Waals surface area contributed by atoms with Gasteiger partial charge in [-0.25, -0.2) is 4.79 Å². The van der Waals surface area contributed by atoms with Crippen LogP contribution in [0.3, 0.4) is 0 Å². The molecular formula is C11H12N2O3. The Kier molecular flexibility index (Phi) is 2.52. The number of ether oxygens (including phenoxy) is 1. The van der Waals surface area contributed by atoms with E-state index >= 15 is 0 Å². The molecule has 0 unspecified atom stereocenters. The highest BCUT2D eigenvalue weighted by Crippen LogP contribution is 2.22. The third-order valence-electron chi connectivity index (χ3n) is 2.37. The normalized spacial score (nSPS) is 10.6. The number of hydrogen-bond acceptors (Lipinski definition) is 3. The van der Waals surface area contributed by atoms with Gasteiger partial charge in [0.1, 0.15) is 5.75 Å². The zero-order valence-corrected chi connectivity index (χ0v) is 9.10. The van der Waals surface area contributed by atoms with Crippen LogP contribution in [0.5, 0.6) is 5.75 Å². The largest absolute Gasteiger partial charge is 0.482 e. The molecule has 0 aliphatic carbocycles. The molecule has 0 bridgehead atoms. The Morgan fingerprint density at radius 3 is 3.00 bits per heavy atom. The molecule has 0 saturated carbocycles. The predicted octanol–water partition coefficient (Wildman–Crippen LogP) is 1.35. The quantitative estimate of drug-likeness (QED) is 0.847. The number of carboxylic acids is 1. The summed E-state index contributed by atoms with van der Waals surface area (Å²) in [5, 5.41) is 13.8. The molecule has 5 heteroatoms. The van der Waals surface area contributed by atoms with Crippen LogP contribution in [0.25, 0.3) is 10.9 Å². The highest BCUT2D eigenvalue weighted by Gasteiger charge is 2.06. The minimum atomic E-state index is -0.983. The fourth-order valence-electron chi connectivity index (χ4n) is 1.65. The number of nitrogens with zero attached hydrogens (tertiary/aromatic N) is 2. The van der Waals surface area contributed by atoms with Crippen molar-refractivity contribution in [2.45, 2.75) is 6.92 Å². The van der Waals surface area contributed by atoms with Crippen molar-refractivity contribution < 1.29 is 14.6 Å². The van der Waals surface area contributed by atoms with E-state index in [2.05, 4.69) is 5.10 Å². The monoisotopic (exact) mass is 220 g/mol. The zero-order chi connectivity index (χ0) is 11.7. The average molecular weight is 220 g/mol. The molecule has 0 aliphatic heterocycles. The molecule has 84 valence electrons. The van der Waals surface area contributed by atoms with Crippen LogP contribution in [0.1, 0.15) is 5.69 Å². The molecule has 1 N–H and O–H groups in total. The van der Waals surface area contributed by atoms with E-state index in [1.54, 1.807) is 16.8 Å². The second-order valence-corrected chi connectivity index (χ2v) is 3.57. The number of aryl methyl sites for hydroxylation is 2. The van der Waals surface area contributed by atoms with Crippen LogP contribution in [-0.2, 0) is 11.8 Å². The maximum absolute atomic E-state index is 10.4. The number of hydrogen-bond donors (Lipinski definition) is 1. The standard InChI is InChI=1S/C11H12N2O3/c1-7-9-5-8(16-6-11(14)15)3-4-10(9)13(2)12-7/h3-5H,6H2,1-2H3,(H,14,15).